The highest BCUT2D eigenvalue weighted by Crippen LogP contribution is 2.14. The standard InChI is InChI=1S/C10H11NO6S/c1-16-10(13)8-3-4-9(17-8)11-5-7(6-12)18(2,14)15/h3-6,11H,1-2H3/b7-5+. The van der Waals surface area contributed by atoms with E-state index in [9.17, 15) is 18.0 Å². The van der Waals surface area contributed by atoms with Gasteiger partial charge in [-0.2, -0.15) is 0 Å². The molecule has 98 valence electrons. The van der Waals surface area contributed by atoms with Crippen LogP contribution in [0.3, 0.4) is 0 Å². The number of hydrogen-bond acceptors (Lipinski definition) is 7. The summed E-state index contributed by atoms with van der Waals surface area (Å²) in [6.45, 7) is 0. The molecular formula is C10H11NO6S. The molecule has 1 N–H and O–H groups in total. The first-order chi connectivity index (χ1) is 8.38. The zero-order valence-electron chi connectivity index (χ0n) is 9.67. The van der Waals surface area contributed by atoms with Gasteiger partial charge in [-0.25, -0.2) is 13.2 Å². The number of rotatable bonds is 5. The molecule has 0 spiro atoms. The minimum Gasteiger partial charge on any atom is -0.463 e. The first-order valence-corrected chi connectivity index (χ1v) is 6.57. The monoisotopic (exact) mass is 273 g/mol. The number of allylic oxidation sites excluding steroid dienone is 1. The second-order valence-electron chi connectivity index (χ2n) is 3.24. The summed E-state index contributed by atoms with van der Waals surface area (Å²) in [5.41, 5.74) is 0. The van der Waals surface area contributed by atoms with Gasteiger partial charge in [0.1, 0.15) is 4.91 Å². The Labute approximate surface area is 103 Å². The highest BCUT2D eigenvalue weighted by Gasteiger charge is 2.12. The summed E-state index contributed by atoms with van der Waals surface area (Å²) in [7, 11) is -2.40. The van der Waals surface area contributed by atoms with Gasteiger partial charge in [-0.1, -0.05) is 0 Å². The van der Waals surface area contributed by atoms with Crippen LogP contribution in [0, 0.1) is 0 Å². The lowest BCUT2D eigenvalue weighted by Crippen LogP contribution is -2.04. The molecule has 0 aromatic carbocycles. The van der Waals surface area contributed by atoms with Crippen molar-refractivity contribution in [2.75, 3.05) is 18.7 Å². The van der Waals surface area contributed by atoms with Crippen LogP contribution in [0.2, 0.25) is 0 Å². The molecule has 8 heteroatoms. The van der Waals surface area contributed by atoms with Crippen LogP contribution in [-0.2, 0) is 19.4 Å². The fraction of sp³-hybridized carbons (Fsp3) is 0.200. The first-order valence-electron chi connectivity index (χ1n) is 4.68. The number of nitrogens with one attached hydrogen (secondary N) is 1. The van der Waals surface area contributed by atoms with E-state index in [0.29, 0.717) is 0 Å². The van der Waals surface area contributed by atoms with Crippen LogP contribution in [0.15, 0.2) is 27.7 Å². The molecule has 0 saturated heterocycles. The Morgan fingerprint density at radius 1 is 1.44 bits per heavy atom. The Bertz CT molecular complexity index is 583. The van der Waals surface area contributed by atoms with E-state index < -0.39 is 20.7 Å². The number of sulfone groups is 1. The minimum absolute atomic E-state index is 0.0413. The summed E-state index contributed by atoms with van der Waals surface area (Å²) in [4.78, 5) is 21.2. The molecule has 1 heterocycles. The lowest BCUT2D eigenvalue weighted by molar-refractivity contribution is -0.104. The summed E-state index contributed by atoms with van der Waals surface area (Å²) in [5.74, 6) is -0.593. The van der Waals surface area contributed by atoms with E-state index in [-0.39, 0.29) is 17.9 Å². The summed E-state index contributed by atoms with van der Waals surface area (Å²) >= 11 is 0. The molecule has 1 aromatic rings. The molecule has 0 aliphatic rings. The van der Waals surface area contributed by atoms with Crippen molar-refractivity contribution in [2.45, 2.75) is 0 Å². The molecule has 0 aliphatic carbocycles. The van der Waals surface area contributed by atoms with Crippen LogP contribution in [0.5, 0.6) is 0 Å². The van der Waals surface area contributed by atoms with Gasteiger partial charge in [0.05, 0.1) is 7.11 Å². The number of methoxy groups -OCH3 is 1. The molecule has 0 fully saturated rings. The third kappa shape index (κ3) is 3.45. The van der Waals surface area contributed by atoms with E-state index in [1.54, 1.807) is 0 Å². The van der Waals surface area contributed by atoms with Gasteiger partial charge < -0.3 is 14.5 Å². The average Bonchev–Trinajstić information content (AvgIpc) is 2.75. The number of carbonyl (C=O) groups is 2. The van der Waals surface area contributed by atoms with Crippen molar-refractivity contribution in [3.63, 3.8) is 0 Å². The van der Waals surface area contributed by atoms with Crippen LogP contribution in [0.4, 0.5) is 5.88 Å². The van der Waals surface area contributed by atoms with Crippen molar-refractivity contribution in [3.05, 3.63) is 29.0 Å². The van der Waals surface area contributed by atoms with Crippen molar-refractivity contribution >= 4 is 28.0 Å². The van der Waals surface area contributed by atoms with Gasteiger partial charge in [0.25, 0.3) is 0 Å². The lowest BCUT2D eigenvalue weighted by atomic mass is 10.4. The molecule has 1 rings (SSSR count). The number of carbonyl (C=O) groups excluding carboxylic acids is 2. The molecule has 0 bridgehead atoms. The van der Waals surface area contributed by atoms with Crippen molar-refractivity contribution in [1.29, 1.82) is 0 Å². The maximum absolute atomic E-state index is 11.1. The average molecular weight is 273 g/mol. The van der Waals surface area contributed by atoms with Gasteiger partial charge in [-0.3, -0.25) is 4.79 Å². The topological polar surface area (TPSA) is 103 Å². The molecule has 0 amide bonds. The van der Waals surface area contributed by atoms with Crippen LogP contribution in [-0.4, -0.2) is 34.0 Å². The number of esters is 1. The van der Waals surface area contributed by atoms with Crippen molar-refractivity contribution in [1.82, 2.24) is 0 Å². The van der Waals surface area contributed by atoms with Crippen molar-refractivity contribution in [3.8, 4) is 0 Å². The number of furan rings is 1. The quantitative estimate of drug-likeness (QED) is 0.475. The molecule has 1 aromatic heterocycles. The number of aldehydes is 1. The van der Waals surface area contributed by atoms with Crippen molar-refractivity contribution < 1.29 is 27.2 Å². The van der Waals surface area contributed by atoms with E-state index in [0.717, 1.165) is 12.5 Å². The van der Waals surface area contributed by atoms with Gasteiger partial charge in [0, 0.05) is 18.5 Å². The van der Waals surface area contributed by atoms with Crippen LogP contribution >= 0.6 is 0 Å². The van der Waals surface area contributed by atoms with Gasteiger partial charge >= 0.3 is 5.97 Å². The third-order valence-corrected chi connectivity index (χ3v) is 2.96. The van der Waals surface area contributed by atoms with Gasteiger partial charge in [-0.15, -0.1) is 0 Å². The largest absolute Gasteiger partial charge is 0.463 e. The SMILES string of the molecule is COC(=O)c1ccc(N/C=C(\C=O)S(C)(=O)=O)o1. The van der Waals surface area contributed by atoms with Gasteiger partial charge in [0.2, 0.25) is 5.76 Å². The Hall–Kier alpha value is -2.09. The molecule has 0 unspecified atom stereocenters. The predicted molar refractivity (Wildman–Crippen MR) is 62.7 cm³/mol. The molecule has 18 heavy (non-hydrogen) atoms. The Kier molecular flexibility index (Phi) is 4.27. The van der Waals surface area contributed by atoms with Crippen LogP contribution < -0.4 is 5.32 Å². The van der Waals surface area contributed by atoms with Gasteiger partial charge in [-0.05, 0) is 6.07 Å². The fourth-order valence-electron chi connectivity index (χ4n) is 0.996. The Morgan fingerprint density at radius 3 is 2.61 bits per heavy atom. The summed E-state index contributed by atoms with van der Waals surface area (Å²) < 4.78 is 31.6. The second-order valence-corrected chi connectivity index (χ2v) is 5.25. The van der Waals surface area contributed by atoms with E-state index in [2.05, 4.69) is 10.1 Å². The number of anilines is 1. The molecule has 0 radical (unpaired) electrons. The van der Waals surface area contributed by atoms with Crippen LogP contribution in [0.1, 0.15) is 10.6 Å². The van der Waals surface area contributed by atoms with E-state index >= 15 is 0 Å². The van der Waals surface area contributed by atoms with Gasteiger partial charge in [0.15, 0.2) is 22.0 Å². The minimum atomic E-state index is -3.60. The summed E-state index contributed by atoms with van der Waals surface area (Å²) in [6.07, 6.45) is 2.08. The highest BCUT2D eigenvalue weighted by atomic mass is 32.2. The van der Waals surface area contributed by atoms with Crippen molar-refractivity contribution in [2.24, 2.45) is 0 Å². The summed E-state index contributed by atoms with van der Waals surface area (Å²) in [6, 6.07) is 2.75. The zero-order chi connectivity index (χ0) is 13.8. The van der Waals surface area contributed by atoms with E-state index in [1.165, 1.54) is 19.2 Å². The maximum atomic E-state index is 11.1. The molecule has 0 aliphatic heterocycles. The first kappa shape index (κ1) is 14.0. The lowest BCUT2D eigenvalue weighted by Gasteiger charge is -1.98. The van der Waals surface area contributed by atoms with E-state index in [4.69, 9.17) is 4.42 Å². The molecule has 0 atom stereocenters. The molecule has 0 saturated carbocycles. The third-order valence-electron chi connectivity index (χ3n) is 1.89. The summed E-state index contributed by atoms with van der Waals surface area (Å²) in [5, 5.41) is 2.45. The highest BCUT2D eigenvalue weighted by molar-refractivity contribution is 7.95. The number of ether oxygens (including phenoxy) is 1. The smallest absolute Gasteiger partial charge is 0.374 e. The normalized spacial score (nSPS) is 12.0. The fourth-order valence-corrected chi connectivity index (χ4v) is 1.44. The molecular weight excluding hydrogens is 262 g/mol. The second kappa shape index (κ2) is 5.50. The number of hydrogen-bond donors (Lipinski definition) is 1. The van der Waals surface area contributed by atoms with Crippen LogP contribution in [0.25, 0.3) is 0 Å². The predicted octanol–water partition coefficient (Wildman–Crippen LogP) is 0.563. The Balaban J connectivity index is 2.86. The zero-order valence-corrected chi connectivity index (χ0v) is 10.5. The van der Waals surface area contributed by atoms with E-state index in [1.807, 2.05) is 0 Å². The Morgan fingerprint density at radius 2 is 2.11 bits per heavy atom. The maximum Gasteiger partial charge on any atom is 0.374 e. The molecule has 7 nitrogen and oxygen atoms in total.